The molecule has 178 valence electrons. The third-order valence-corrected chi connectivity index (χ3v) is 7.26. The van der Waals surface area contributed by atoms with Crippen LogP contribution in [0.25, 0.3) is 0 Å². The number of hydrogen-bond donors (Lipinski definition) is 1. The minimum Gasteiger partial charge on any atom is -0.493 e. The van der Waals surface area contributed by atoms with Gasteiger partial charge in [-0.05, 0) is 24.6 Å². The number of morpholine rings is 1. The Labute approximate surface area is 192 Å². The fourth-order valence-electron chi connectivity index (χ4n) is 3.40. The summed E-state index contributed by atoms with van der Waals surface area (Å²) >= 11 is 0. The maximum atomic E-state index is 13.1. The van der Waals surface area contributed by atoms with Gasteiger partial charge in [-0.15, -0.1) is 0 Å². The van der Waals surface area contributed by atoms with E-state index in [4.69, 9.17) is 18.9 Å². The van der Waals surface area contributed by atoms with Crippen molar-refractivity contribution in [1.82, 2.24) is 4.31 Å². The second kappa shape index (κ2) is 10.2. The highest BCUT2D eigenvalue weighted by Crippen LogP contribution is 2.34. The first-order valence-corrected chi connectivity index (χ1v) is 11.5. The van der Waals surface area contributed by atoms with E-state index in [-0.39, 0.29) is 40.5 Å². The number of esters is 1. The molecule has 0 radical (unpaired) electrons. The molecule has 33 heavy (non-hydrogen) atoms. The number of rotatable bonds is 7. The van der Waals surface area contributed by atoms with Gasteiger partial charge in [0.25, 0.3) is 5.91 Å². The largest absolute Gasteiger partial charge is 0.493 e. The van der Waals surface area contributed by atoms with Crippen molar-refractivity contribution in [2.24, 2.45) is 0 Å². The van der Waals surface area contributed by atoms with E-state index >= 15 is 0 Å². The number of nitrogens with one attached hydrogen (secondary N) is 1. The summed E-state index contributed by atoms with van der Waals surface area (Å²) in [4.78, 5) is 25.3. The first-order valence-electron chi connectivity index (χ1n) is 10.1. The fraction of sp³-hybridized carbons (Fsp3) is 0.364. The van der Waals surface area contributed by atoms with E-state index in [0.717, 1.165) is 0 Å². The summed E-state index contributed by atoms with van der Waals surface area (Å²) in [6, 6.07) is 7.24. The molecule has 0 unspecified atom stereocenters. The van der Waals surface area contributed by atoms with E-state index in [2.05, 4.69) is 5.32 Å². The molecule has 0 aromatic heterocycles. The zero-order valence-electron chi connectivity index (χ0n) is 18.8. The SMILES string of the molecule is COC(=O)c1cc(OC)c(OC)cc1NC(=O)c1ccc(C)c(S(=O)(=O)N2CCOCC2)c1. The molecule has 0 spiro atoms. The predicted molar refractivity (Wildman–Crippen MR) is 120 cm³/mol. The van der Waals surface area contributed by atoms with E-state index in [1.807, 2.05) is 0 Å². The number of amides is 1. The van der Waals surface area contributed by atoms with Crippen LogP contribution in [0.3, 0.4) is 0 Å². The normalized spacial score (nSPS) is 14.4. The Morgan fingerprint density at radius 1 is 1.00 bits per heavy atom. The van der Waals surface area contributed by atoms with Gasteiger partial charge in [0.1, 0.15) is 0 Å². The fourth-order valence-corrected chi connectivity index (χ4v) is 5.06. The van der Waals surface area contributed by atoms with Crippen LogP contribution in [0, 0.1) is 6.92 Å². The Hall–Kier alpha value is -3.15. The molecule has 11 heteroatoms. The van der Waals surface area contributed by atoms with Crippen LogP contribution >= 0.6 is 0 Å². The molecule has 1 N–H and O–H groups in total. The van der Waals surface area contributed by atoms with Crippen LogP contribution in [0.5, 0.6) is 11.5 Å². The standard InChI is InChI=1S/C22H26N2O8S/c1-14-5-6-15(11-20(14)33(27,28)24-7-9-32-10-8-24)21(25)23-17-13-19(30-3)18(29-2)12-16(17)22(26)31-4/h5-6,11-13H,7-10H2,1-4H3,(H,23,25). The number of benzene rings is 2. The molecule has 10 nitrogen and oxygen atoms in total. The van der Waals surface area contributed by atoms with Gasteiger partial charge in [0.2, 0.25) is 10.0 Å². The van der Waals surface area contributed by atoms with Crippen LogP contribution in [-0.2, 0) is 19.5 Å². The molecular weight excluding hydrogens is 452 g/mol. The Kier molecular flexibility index (Phi) is 7.57. The minimum absolute atomic E-state index is 0.0394. The highest BCUT2D eigenvalue weighted by molar-refractivity contribution is 7.89. The summed E-state index contributed by atoms with van der Waals surface area (Å²) in [5.41, 5.74) is 0.803. The van der Waals surface area contributed by atoms with Crippen molar-refractivity contribution in [2.45, 2.75) is 11.8 Å². The Bertz CT molecular complexity index is 1160. The number of hydrogen-bond acceptors (Lipinski definition) is 8. The number of ether oxygens (including phenoxy) is 4. The molecular formula is C22H26N2O8S. The third kappa shape index (κ3) is 5.10. The molecule has 1 aliphatic rings. The maximum absolute atomic E-state index is 13.1. The molecule has 0 atom stereocenters. The maximum Gasteiger partial charge on any atom is 0.340 e. The zero-order valence-corrected chi connectivity index (χ0v) is 19.7. The van der Waals surface area contributed by atoms with Crippen molar-refractivity contribution in [3.05, 3.63) is 47.0 Å². The lowest BCUT2D eigenvalue weighted by atomic mass is 10.1. The average molecular weight is 479 g/mol. The molecule has 0 bridgehead atoms. The predicted octanol–water partition coefficient (Wildman–Crippen LogP) is 2.07. The number of carbonyl (C=O) groups is 2. The van der Waals surface area contributed by atoms with Gasteiger partial charge in [-0.2, -0.15) is 4.31 Å². The zero-order chi connectivity index (χ0) is 24.2. The first kappa shape index (κ1) is 24.5. The van der Waals surface area contributed by atoms with Gasteiger partial charge >= 0.3 is 5.97 Å². The Morgan fingerprint density at radius 2 is 1.64 bits per heavy atom. The Balaban J connectivity index is 1.97. The van der Waals surface area contributed by atoms with Gasteiger partial charge in [0.05, 0.1) is 50.7 Å². The molecule has 1 saturated heterocycles. The lowest BCUT2D eigenvalue weighted by molar-refractivity contribution is 0.0601. The van der Waals surface area contributed by atoms with Crippen LogP contribution in [-0.4, -0.2) is 72.2 Å². The quantitative estimate of drug-likeness (QED) is 0.601. The van der Waals surface area contributed by atoms with Gasteiger partial charge in [-0.3, -0.25) is 4.79 Å². The van der Waals surface area contributed by atoms with Crippen molar-refractivity contribution < 1.29 is 37.0 Å². The molecule has 1 amide bonds. The highest BCUT2D eigenvalue weighted by atomic mass is 32.2. The van der Waals surface area contributed by atoms with Gasteiger partial charge in [0.15, 0.2) is 11.5 Å². The number of nitrogens with zero attached hydrogens (tertiary/aromatic N) is 1. The summed E-state index contributed by atoms with van der Waals surface area (Å²) in [5.74, 6) is -0.721. The van der Waals surface area contributed by atoms with Crippen LogP contribution < -0.4 is 14.8 Å². The number of carbonyl (C=O) groups excluding carboxylic acids is 2. The lowest BCUT2D eigenvalue weighted by Crippen LogP contribution is -2.40. The van der Waals surface area contributed by atoms with Crippen LogP contribution in [0.2, 0.25) is 0 Å². The van der Waals surface area contributed by atoms with E-state index in [1.54, 1.807) is 13.0 Å². The van der Waals surface area contributed by atoms with Gasteiger partial charge in [0, 0.05) is 30.8 Å². The highest BCUT2D eigenvalue weighted by Gasteiger charge is 2.29. The van der Waals surface area contributed by atoms with Gasteiger partial charge in [-0.25, -0.2) is 13.2 Å². The van der Waals surface area contributed by atoms with Crippen LogP contribution in [0.1, 0.15) is 26.3 Å². The first-order chi connectivity index (χ1) is 15.7. The molecule has 3 rings (SSSR count). The summed E-state index contributed by atoms with van der Waals surface area (Å²) in [7, 11) is 0.249. The molecule has 0 aliphatic carbocycles. The molecule has 0 saturated carbocycles. The summed E-state index contributed by atoms with van der Waals surface area (Å²) in [5, 5.41) is 2.64. The minimum atomic E-state index is -3.80. The van der Waals surface area contributed by atoms with E-state index in [9.17, 15) is 18.0 Å². The third-order valence-electron chi connectivity index (χ3n) is 5.22. The summed E-state index contributed by atoms with van der Waals surface area (Å²) < 4.78 is 48.1. The smallest absolute Gasteiger partial charge is 0.340 e. The monoisotopic (exact) mass is 478 g/mol. The number of anilines is 1. The molecule has 1 heterocycles. The van der Waals surface area contributed by atoms with Crippen molar-refractivity contribution in [3.63, 3.8) is 0 Å². The average Bonchev–Trinajstić information content (AvgIpc) is 2.83. The molecule has 1 aliphatic heterocycles. The van der Waals surface area contributed by atoms with Crippen LogP contribution in [0.4, 0.5) is 5.69 Å². The molecule has 1 fully saturated rings. The molecule has 2 aromatic carbocycles. The van der Waals surface area contributed by atoms with Crippen molar-refractivity contribution in [2.75, 3.05) is 52.9 Å². The Morgan fingerprint density at radius 3 is 2.24 bits per heavy atom. The van der Waals surface area contributed by atoms with Crippen molar-refractivity contribution in [3.8, 4) is 11.5 Å². The van der Waals surface area contributed by atoms with Crippen LogP contribution in [0.15, 0.2) is 35.2 Å². The van der Waals surface area contributed by atoms with Gasteiger partial charge < -0.3 is 24.3 Å². The van der Waals surface area contributed by atoms with Gasteiger partial charge in [-0.1, -0.05) is 6.07 Å². The topological polar surface area (TPSA) is 120 Å². The number of methoxy groups -OCH3 is 3. The van der Waals surface area contributed by atoms with Crippen molar-refractivity contribution in [1.29, 1.82) is 0 Å². The summed E-state index contributed by atoms with van der Waals surface area (Å²) in [6.45, 7) is 2.78. The molecule has 2 aromatic rings. The summed E-state index contributed by atoms with van der Waals surface area (Å²) in [6.07, 6.45) is 0. The second-order valence-corrected chi connectivity index (χ2v) is 9.10. The van der Waals surface area contributed by atoms with Crippen molar-refractivity contribution >= 4 is 27.6 Å². The van der Waals surface area contributed by atoms with E-state index in [1.165, 1.54) is 49.9 Å². The van der Waals surface area contributed by atoms with E-state index < -0.39 is 21.9 Å². The second-order valence-electron chi connectivity index (χ2n) is 7.20. The number of sulfonamides is 1. The number of aryl methyl sites for hydroxylation is 1. The van der Waals surface area contributed by atoms with E-state index in [0.29, 0.717) is 24.5 Å². The lowest BCUT2D eigenvalue weighted by Gasteiger charge is -2.26.